The van der Waals surface area contributed by atoms with E-state index in [0.29, 0.717) is 17.7 Å². The number of benzene rings is 3. The molecule has 0 radical (unpaired) electrons. The molecule has 0 aliphatic rings. The van der Waals surface area contributed by atoms with Gasteiger partial charge in [0.05, 0.1) is 6.61 Å². The van der Waals surface area contributed by atoms with E-state index >= 15 is 0 Å². The van der Waals surface area contributed by atoms with E-state index in [4.69, 9.17) is 20.5 Å². The Morgan fingerprint density at radius 2 is 1.71 bits per heavy atom. The smallest absolute Gasteiger partial charge is 0.410 e. The Hall–Kier alpha value is -2.33. The van der Waals surface area contributed by atoms with Crippen molar-refractivity contribution in [1.29, 1.82) is 0 Å². The van der Waals surface area contributed by atoms with Crippen LogP contribution in [-0.2, 0) is 14.1 Å². The third-order valence-corrected chi connectivity index (χ3v) is 5.56. The van der Waals surface area contributed by atoms with Gasteiger partial charge in [0.15, 0.2) is 0 Å². The number of fused-ring (bicyclic) bond motifs is 1. The van der Waals surface area contributed by atoms with Crippen LogP contribution in [0.5, 0.6) is 5.75 Å². The normalized spacial score (nSPS) is 14.2. The van der Waals surface area contributed by atoms with Gasteiger partial charge in [-0.2, -0.15) is 0 Å². The molecule has 5 nitrogen and oxygen atoms in total. The van der Waals surface area contributed by atoms with E-state index in [0.717, 1.165) is 10.8 Å². The van der Waals surface area contributed by atoms with Crippen LogP contribution in [0, 0.1) is 0 Å². The van der Waals surface area contributed by atoms with Gasteiger partial charge in [-0.3, -0.25) is 0 Å². The highest BCUT2D eigenvalue weighted by Crippen LogP contribution is 2.51. The van der Waals surface area contributed by atoms with Crippen molar-refractivity contribution >= 4 is 34.9 Å². The summed E-state index contributed by atoms with van der Waals surface area (Å²) in [7, 11) is 0. The van der Waals surface area contributed by atoms with Crippen LogP contribution in [0.1, 0.15) is 24.9 Å². The molecule has 2 atom stereocenters. The minimum Gasteiger partial charge on any atom is -0.464 e. The molecule has 0 bridgehead atoms. The summed E-state index contributed by atoms with van der Waals surface area (Å²) in [5.74, 6) is -0.187. The van der Waals surface area contributed by atoms with Crippen LogP contribution in [0.3, 0.4) is 0 Å². The molecule has 0 spiro atoms. The largest absolute Gasteiger partial charge is 0.464 e. The maximum absolute atomic E-state index is 13.0. The number of rotatable bonds is 8. The molecule has 1 N–H and O–H groups in total. The Balaban J connectivity index is 1.86. The van der Waals surface area contributed by atoms with E-state index in [1.165, 1.54) is 0 Å². The average Bonchev–Trinajstić information content (AvgIpc) is 2.71. The summed E-state index contributed by atoms with van der Waals surface area (Å²) in [5.41, 5.74) is 0.589. The van der Waals surface area contributed by atoms with Gasteiger partial charge in [0.1, 0.15) is 11.8 Å². The molecular formula is C21H21ClNO4P. The molecule has 0 saturated heterocycles. The monoisotopic (exact) mass is 417 g/mol. The number of ether oxygens (including phenoxy) is 1. The quantitative estimate of drug-likeness (QED) is 0.368. The number of nitrogens with one attached hydrogen (secondary N) is 1. The first-order chi connectivity index (χ1) is 13.5. The zero-order chi connectivity index (χ0) is 20.0. The van der Waals surface area contributed by atoms with Crippen LogP contribution in [0.25, 0.3) is 10.8 Å². The molecule has 0 aromatic heterocycles. The maximum atomic E-state index is 13.0. The molecule has 3 rings (SSSR count). The van der Waals surface area contributed by atoms with Gasteiger partial charge in [-0.15, -0.1) is 0 Å². The lowest BCUT2D eigenvalue weighted by atomic mass is 10.1. The standard InChI is InChI=1S/C21H21ClNO4P/c1-2-15-26-21(24)20(17-10-4-3-5-11-17)23-28(22,25)27-19-14-8-12-16-9-6-7-13-18(16)19/h3-14,20H,2,15H2,1H3,(H,23,25)/t20-,28?/m0/s1. The van der Waals surface area contributed by atoms with Crippen molar-refractivity contribution in [2.75, 3.05) is 6.61 Å². The second-order valence-corrected chi connectivity index (χ2v) is 8.92. The molecule has 28 heavy (non-hydrogen) atoms. The summed E-state index contributed by atoms with van der Waals surface area (Å²) in [6.45, 7) is -1.74. The Kier molecular flexibility index (Phi) is 6.74. The van der Waals surface area contributed by atoms with Gasteiger partial charge in [0.25, 0.3) is 0 Å². The van der Waals surface area contributed by atoms with E-state index in [-0.39, 0.29) is 6.61 Å². The number of carbonyl (C=O) groups excluding carboxylic acids is 1. The molecule has 0 heterocycles. The number of hydrogen-bond acceptors (Lipinski definition) is 4. The van der Waals surface area contributed by atoms with E-state index < -0.39 is 18.9 Å². The molecule has 0 aliphatic carbocycles. The Morgan fingerprint density at radius 1 is 1.04 bits per heavy atom. The summed E-state index contributed by atoms with van der Waals surface area (Å²) in [5, 5.41) is 4.36. The fourth-order valence-electron chi connectivity index (χ4n) is 2.78. The molecular weight excluding hydrogens is 397 g/mol. The van der Waals surface area contributed by atoms with Gasteiger partial charge < -0.3 is 9.26 Å². The first kappa shape index (κ1) is 20.4. The van der Waals surface area contributed by atoms with Gasteiger partial charge in [0, 0.05) is 16.6 Å². The van der Waals surface area contributed by atoms with Gasteiger partial charge in [0.2, 0.25) is 0 Å². The molecule has 0 fully saturated rings. The Morgan fingerprint density at radius 3 is 2.46 bits per heavy atom. The highest BCUT2D eigenvalue weighted by molar-refractivity contribution is 7.84. The Labute approximate surface area is 168 Å². The minimum absolute atomic E-state index is 0.264. The zero-order valence-electron chi connectivity index (χ0n) is 15.4. The molecule has 146 valence electrons. The van der Waals surface area contributed by atoms with Crippen molar-refractivity contribution in [3.05, 3.63) is 78.4 Å². The van der Waals surface area contributed by atoms with Crippen molar-refractivity contribution in [1.82, 2.24) is 5.09 Å². The average molecular weight is 418 g/mol. The molecule has 1 unspecified atom stereocenters. The predicted octanol–water partition coefficient (Wildman–Crippen LogP) is 5.85. The molecule has 0 amide bonds. The first-order valence-electron chi connectivity index (χ1n) is 8.96. The lowest BCUT2D eigenvalue weighted by molar-refractivity contribution is -0.145. The van der Waals surface area contributed by atoms with Gasteiger partial charge in [-0.1, -0.05) is 73.7 Å². The maximum Gasteiger partial charge on any atom is 0.410 e. The fraction of sp³-hybridized carbons (Fsp3) is 0.190. The minimum atomic E-state index is -3.90. The molecule has 3 aromatic rings. The van der Waals surface area contributed by atoms with Crippen LogP contribution < -0.4 is 9.61 Å². The van der Waals surface area contributed by atoms with E-state index in [1.54, 1.807) is 36.4 Å². The van der Waals surface area contributed by atoms with E-state index in [2.05, 4.69) is 5.09 Å². The molecule has 3 aromatic carbocycles. The summed E-state index contributed by atoms with van der Waals surface area (Å²) in [4.78, 5) is 12.5. The lowest BCUT2D eigenvalue weighted by Gasteiger charge is -2.22. The zero-order valence-corrected chi connectivity index (χ0v) is 17.0. The van der Waals surface area contributed by atoms with Crippen molar-refractivity contribution in [3.63, 3.8) is 0 Å². The molecule has 7 heteroatoms. The summed E-state index contributed by atoms with van der Waals surface area (Å²) >= 11 is 6.21. The van der Waals surface area contributed by atoms with Crippen LogP contribution in [-0.4, -0.2) is 12.6 Å². The van der Waals surface area contributed by atoms with Gasteiger partial charge >= 0.3 is 12.8 Å². The highest BCUT2D eigenvalue weighted by atomic mass is 35.7. The predicted molar refractivity (Wildman–Crippen MR) is 112 cm³/mol. The summed E-state index contributed by atoms with van der Waals surface area (Å²) in [6.07, 6.45) is 0.679. The van der Waals surface area contributed by atoms with E-state index in [9.17, 15) is 9.36 Å². The number of esters is 1. The first-order valence-corrected chi connectivity index (χ1v) is 11.5. The number of carbonyl (C=O) groups is 1. The van der Waals surface area contributed by atoms with Crippen LogP contribution in [0.2, 0.25) is 0 Å². The second-order valence-electron chi connectivity index (χ2n) is 6.19. The van der Waals surface area contributed by atoms with Crippen molar-refractivity contribution in [3.8, 4) is 5.75 Å². The van der Waals surface area contributed by atoms with E-state index in [1.807, 2.05) is 43.3 Å². The topological polar surface area (TPSA) is 64.6 Å². The second kappa shape index (κ2) is 9.24. The summed E-state index contributed by atoms with van der Waals surface area (Å²) in [6, 6.07) is 20.8. The third-order valence-electron chi connectivity index (χ3n) is 4.07. The Bertz CT molecular complexity index is 991. The van der Waals surface area contributed by atoms with Gasteiger partial charge in [-0.05, 0) is 23.4 Å². The third kappa shape index (κ3) is 5.14. The SMILES string of the molecule is CCCOC(=O)[C@@H](NP(=O)(Cl)Oc1cccc2ccccc12)c1ccccc1. The van der Waals surface area contributed by atoms with Gasteiger partial charge in [-0.25, -0.2) is 14.4 Å². The summed E-state index contributed by atoms with van der Waals surface area (Å²) < 4.78 is 23.9. The van der Waals surface area contributed by atoms with Crippen molar-refractivity contribution in [2.45, 2.75) is 19.4 Å². The number of hydrogen-bond donors (Lipinski definition) is 1. The highest BCUT2D eigenvalue weighted by Gasteiger charge is 2.32. The van der Waals surface area contributed by atoms with Crippen LogP contribution in [0.15, 0.2) is 72.8 Å². The van der Waals surface area contributed by atoms with Crippen LogP contribution >= 0.6 is 18.1 Å². The fourth-order valence-corrected chi connectivity index (χ4v) is 4.32. The number of halogens is 1. The van der Waals surface area contributed by atoms with Crippen molar-refractivity contribution < 1.29 is 18.6 Å². The van der Waals surface area contributed by atoms with Crippen LogP contribution in [0.4, 0.5) is 0 Å². The molecule has 0 saturated carbocycles. The van der Waals surface area contributed by atoms with Crippen molar-refractivity contribution in [2.24, 2.45) is 0 Å². The lowest BCUT2D eigenvalue weighted by Crippen LogP contribution is -2.28. The molecule has 0 aliphatic heterocycles.